The minimum absolute atomic E-state index is 0.638. The Balaban J connectivity index is 1.74. The van der Waals surface area contributed by atoms with Crippen LogP contribution in [0.3, 0.4) is 0 Å². The Morgan fingerprint density at radius 1 is 1.38 bits per heavy atom. The average molecular weight is 218 g/mol. The van der Waals surface area contributed by atoms with E-state index in [0.29, 0.717) is 5.41 Å². The van der Waals surface area contributed by atoms with Gasteiger partial charge in [-0.25, -0.2) is 0 Å². The van der Waals surface area contributed by atoms with Gasteiger partial charge in [-0.05, 0) is 43.2 Å². The third-order valence-corrected chi connectivity index (χ3v) is 3.52. The van der Waals surface area contributed by atoms with Crippen LogP contribution in [0.4, 0.5) is 0 Å². The maximum absolute atomic E-state index is 4.40. The minimum Gasteiger partial charge on any atom is -0.311 e. The third-order valence-electron chi connectivity index (χ3n) is 3.52. The number of aromatic nitrogens is 1. The normalized spacial score (nSPS) is 17.4. The van der Waals surface area contributed by atoms with Gasteiger partial charge in [-0.3, -0.25) is 4.98 Å². The van der Waals surface area contributed by atoms with Crippen molar-refractivity contribution in [2.75, 3.05) is 6.54 Å². The summed E-state index contributed by atoms with van der Waals surface area (Å²) in [7, 11) is 0. The van der Waals surface area contributed by atoms with Gasteiger partial charge in [0.05, 0.1) is 5.69 Å². The van der Waals surface area contributed by atoms with Gasteiger partial charge < -0.3 is 5.32 Å². The van der Waals surface area contributed by atoms with Crippen LogP contribution < -0.4 is 5.32 Å². The Morgan fingerprint density at radius 2 is 2.19 bits per heavy atom. The molecule has 0 amide bonds. The van der Waals surface area contributed by atoms with Crippen molar-refractivity contribution in [3.8, 4) is 0 Å². The first-order valence-electron chi connectivity index (χ1n) is 6.36. The molecule has 0 radical (unpaired) electrons. The SMILES string of the molecule is CCCC1(CNCc2ccc(C)cn2)CC1. The molecule has 0 saturated heterocycles. The van der Waals surface area contributed by atoms with E-state index in [2.05, 4.69) is 36.3 Å². The van der Waals surface area contributed by atoms with Gasteiger partial charge in [-0.2, -0.15) is 0 Å². The summed E-state index contributed by atoms with van der Waals surface area (Å²) >= 11 is 0. The first-order valence-corrected chi connectivity index (χ1v) is 6.36. The molecule has 0 atom stereocenters. The molecule has 0 aliphatic heterocycles. The highest BCUT2D eigenvalue weighted by Crippen LogP contribution is 2.48. The predicted octanol–water partition coefficient (Wildman–Crippen LogP) is 3.06. The average Bonchev–Trinajstić information content (AvgIpc) is 3.02. The second kappa shape index (κ2) is 4.96. The molecule has 1 heterocycles. The van der Waals surface area contributed by atoms with Crippen molar-refractivity contribution in [3.63, 3.8) is 0 Å². The zero-order valence-corrected chi connectivity index (χ0v) is 10.4. The molecular formula is C14H22N2. The minimum atomic E-state index is 0.638. The van der Waals surface area contributed by atoms with Crippen LogP contribution in [0.15, 0.2) is 18.3 Å². The lowest BCUT2D eigenvalue weighted by molar-refractivity contribution is 0.419. The summed E-state index contributed by atoms with van der Waals surface area (Å²) in [6, 6.07) is 4.24. The van der Waals surface area contributed by atoms with Crippen LogP contribution in [0.2, 0.25) is 0 Å². The molecule has 2 nitrogen and oxygen atoms in total. The van der Waals surface area contributed by atoms with E-state index in [-0.39, 0.29) is 0 Å². The summed E-state index contributed by atoms with van der Waals surface area (Å²) in [5.74, 6) is 0. The second-order valence-electron chi connectivity index (χ2n) is 5.18. The van der Waals surface area contributed by atoms with Gasteiger partial charge in [0.25, 0.3) is 0 Å². The molecule has 1 aliphatic rings. The van der Waals surface area contributed by atoms with Crippen molar-refractivity contribution >= 4 is 0 Å². The molecule has 1 aliphatic carbocycles. The molecule has 88 valence electrons. The molecule has 0 spiro atoms. The van der Waals surface area contributed by atoms with Crippen molar-refractivity contribution in [1.82, 2.24) is 10.3 Å². The summed E-state index contributed by atoms with van der Waals surface area (Å²) in [6.07, 6.45) is 7.45. The van der Waals surface area contributed by atoms with Gasteiger partial charge in [-0.15, -0.1) is 0 Å². The number of aryl methyl sites for hydroxylation is 1. The highest BCUT2D eigenvalue weighted by molar-refractivity contribution is 5.12. The molecular weight excluding hydrogens is 196 g/mol. The van der Waals surface area contributed by atoms with Crippen molar-refractivity contribution in [1.29, 1.82) is 0 Å². The fourth-order valence-electron chi connectivity index (χ4n) is 2.28. The van der Waals surface area contributed by atoms with Crippen LogP contribution in [0.1, 0.15) is 43.9 Å². The molecule has 0 unspecified atom stereocenters. The maximum Gasteiger partial charge on any atom is 0.0541 e. The molecule has 0 aromatic carbocycles. The van der Waals surface area contributed by atoms with E-state index >= 15 is 0 Å². The Morgan fingerprint density at radius 3 is 2.75 bits per heavy atom. The molecule has 1 saturated carbocycles. The molecule has 1 aromatic rings. The molecule has 0 bridgehead atoms. The lowest BCUT2D eigenvalue weighted by Gasteiger charge is -2.14. The quantitative estimate of drug-likeness (QED) is 0.793. The second-order valence-corrected chi connectivity index (χ2v) is 5.18. The first kappa shape index (κ1) is 11.6. The van der Waals surface area contributed by atoms with Crippen molar-refractivity contribution in [3.05, 3.63) is 29.6 Å². The van der Waals surface area contributed by atoms with E-state index in [4.69, 9.17) is 0 Å². The summed E-state index contributed by atoms with van der Waals surface area (Å²) < 4.78 is 0. The largest absolute Gasteiger partial charge is 0.311 e. The van der Waals surface area contributed by atoms with Gasteiger partial charge in [0.15, 0.2) is 0 Å². The number of nitrogens with zero attached hydrogens (tertiary/aromatic N) is 1. The van der Waals surface area contributed by atoms with Crippen molar-refractivity contribution < 1.29 is 0 Å². The highest BCUT2D eigenvalue weighted by Gasteiger charge is 2.40. The Bertz CT molecular complexity index is 325. The summed E-state index contributed by atoms with van der Waals surface area (Å²) in [5.41, 5.74) is 3.02. The lowest BCUT2D eigenvalue weighted by Crippen LogP contribution is -2.23. The van der Waals surface area contributed by atoms with Gasteiger partial charge >= 0.3 is 0 Å². The van der Waals surface area contributed by atoms with Gasteiger partial charge in [-0.1, -0.05) is 19.4 Å². The zero-order valence-electron chi connectivity index (χ0n) is 10.4. The number of rotatable bonds is 6. The van der Waals surface area contributed by atoms with Crippen LogP contribution in [-0.4, -0.2) is 11.5 Å². The Labute approximate surface area is 98.5 Å². The maximum atomic E-state index is 4.40. The Hall–Kier alpha value is -0.890. The monoisotopic (exact) mass is 218 g/mol. The van der Waals surface area contributed by atoms with E-state index in [0.717, 1.165) is 18.8 Å². The number of hydrogen-bond acceptors (Lipinski definition) is 2. The summed E-state index contributed by atoms with van der Waals surface area (Å²) in [5, 5.41) is 3.55. The van der Waals surface area contributed by atoms with Crippen LogP contribution in [0.25, 0.3) is 0 Å². The predicted molar refractivity (Wildman–Crippen MR) is 67.3 cm³/mol. The van der Waals surface area contributed by atoms with E-state index in [1.807, 2.05) is 6.20 Å². The molecule has 2 heteroatoms. The molecule has 16 heavy (non-hydrogen) atoms. The van der Waals surface area contributed by atoms with Gasteiger partial charge in [0.1, 0.15) is 0 Å². The van der Waals surface area contributed by atoms with E-state index in [9.17, 15) is 0 Å². The first-order chi connectivity index (χ1) is 7.74. The summed E-state index contributed by atoms with van der Waals surface area (Å²) in [6.45, 7) is 6.42. The highest BCUT2D eigenvalue weighted by atomic mass is 14.9. The smallest absolute Gasteiger partial charge is 0.0541 e. The molecule has 2 rings (SSSR count). The van der Waals surface area contributed by atoms with Crippen molar-refractivity contribution in [2.45, 2.75) is 46.1 Å². The summed E-state index contributed by atoms with van der Waals surface area (Å²) in [4.78, 5) is 4.40. The van der Waals surface area contributed by atoms with Crippen LogP contribution in [0.5, 0.6) is 0 Å². The van der Waals surface area contributed by atoms with Crippen LogP contribution >= 0.6 is 0 Å². The van der Waals surface area contributed by atoms with Crippen LogP contribution in [-0.2, 0) is 6.54 Å². The van der Waals surface area contributed by atoms with Crippen LogP contribution in [0, 0.1) is 12.3 Å². The van der Waals surface area contributed by atoms with Gasteiger partial charge in [0, 0.05) is 19.3 Å². The Kier molecular flexibility index (Phi) is 3.59. The zero-order chi connectivity index (χ0) is 11.4. The fourth-order valence-corrected chi connectivity index (χ4v) is 2.28. The van der Waals surface area contributed by atoms with E-state index < -0.39 is 0 Å². The molecule has 1 aromatic heterocycles. The number of pyridine rings is 1. The number of nitrogens with one attached hydrogen (secondary N) is 1. The lowest BCUT2D eigenvalue weighted by atomic mass is 10.0. The standard InChI is InChI=1S/C14H22N2/c1-3-6-14(7-8-14)11-15-10-13-5-4-12(2)9-16-13/h4-5,9,15H,3,6-8,10-11H2,1-2H3. The molecule has 1 N–H and O–H groups in total. The van der Waals surface area contributed by atoms with Gasteiger partial charge in [0.2, 0.25) is 0 Å². The third kappa shape index (κ3) is 3.05. The van der Waals surface area contributed by atoms with E-state index in [1.165, 1.54) is 31.2 Å². The number of hydrogen-bond donors (Lipinski definition) is 1. The van der Waals surface area contributed by atoms with E-state index in [1.54, 1.807) is 0 Å². The fraction of sp³-hybridized carbons (Fsp3) is 0.643. The molecule has 1 fully saturated rings. The van der Waals surface area contributed by atoms with Crippen molar-refractivity contribution in [2.24, 2.45) is 5.41 Å². The topological polar surface area (TPSA) is 24.9 Å².